The van der Waals surface area contributed by atoms with E-state index in [-0.39, 0.29) is 6.29 Å². The Morgan fingerprint density at radius 2 is 2.00 bits per heavy atom. The predicted octanol–water partition coefficient (Wildman–Crippen LogP) is 1.71. The van der Waals surface area contributed by atoms with E-state index in [1.165, 1.54) is 6.42 Å². The first-order chi connectivity index (χ1) is 3.79. The van der Waals surface area contributed by atoms with E-state index < -0.39 is 0 Å². The molecule has 0 aliphatic carbocycles. The third-order valence-electron chi connectivity index (χ3n) is 1.21. The van der Waals surface area contributed by atoms with Crippen molar-refractivity contribution in [2.75, 3.05) is 0 Å². The molecule has 0 atom stereocenters. The first kappa shape index (κ1) is 6.05. The predicted molar refractivity (Wildman–Crippen MR) is 30.0 cm³/mol. The van der Waals surface area contributed by atoms with Crippen LogP contribution in [-0.4, -0.2) is 6.29 Å². The van der Waals surface area contributed by atoms with Gasteiger partial charge >= 0.3 is 0 Å². The average Bonchev–Trinajstić information content (AvgIpc) is 2.41. The summed E-state index contributed by atoms with van der Waals surface area (Å²) in [5.74, 6) is 0.766. The Labute approximate surface area is 49.7 Å². The lowest BCUT2D eigenvalue weighted by Gasteiger charge is -1.97. The summed E-state index contributed by atoms with van der Waals surface area (Å²) < 4.78 is 0. The smallest absolute Gasteiger partial charge is 0.199 e. The number of hydrogen-bond acceptors (Lipinski definition) is 2. The minimum absolute atomic E-state index is 0.136. The molecule has 0 aromatic rings. The Balaban J connectivity index is 1.87. The lowest BCUT2D eigenvalue weighted by molar-refractivity contribution is 0.0850. The summed E-state index contributed by atoms with van der Waals surface area (Å²) in [6, 6.07) is 0. The van der Waals surface area contributed by atoms with Gasteiger partial charge in [0.05, 0.1) is 0 Å². The molecule has 48 valence electrons. The molecule has 1 heterocycles. The molecule has 0 bridgehead atoms. The van der Waals surface area contributed by atoms with Gasteiger partial charge in [-0.1, -0.05) is 13.8 Å². The van der Waals surface area contributed by atoms with Crippen molar-refractivity contribution in [3.05, 3.63) is 0 Å². The third-order valence-corrected chi connectivity index (χ3v) is 1.21. The van der Waals surface area contributed by atoms with E-state index in [2.05, 4.69) is 23.6 Å². The van der Waals surface area contributed by atoms with Gasteiger partial charge in [-0.2, -0.15) is 9.78 Å². The molecule has 1 aliphatic heterocycles. The van der Waals surface area contributed by atoms with Gasteiger partial charge in [-0.25, -0.2) is 0 Å². The van der Waals surface area contributed by atoms with Crippen molar-refractivity contribution in [3.8, 4) is 0 Å². The first-order valence-corrected chi connectivity index (χ1v) is 3.11. The van der Waals surface area contributed by atoms with Gasteiger partial charge in [-0.05, 0) is 12.3 Å². The molecule has 0 aromatic carbocycles. The molecule has 0 spiro atoms. The molecule has 1 saturated heterocycles. The molecule has 0 radical (unpaired) electrons. The van der Waals surface area contributed by atoms with E-state index in [0.29, 0.717) is 0 Å². The van der Waals surface area contributed by atoms with Crippen LogP contribution in [0.3, 0.4) is 0 Å². The summed E-state index contributed by atoms with van der Waals surface area (Å²) in [7, 11) is 0. The normalized spacial score (nSPS) is 19.9. The molecular formula is C6H12O2. The van der Waals surface area contributed by atoms with Crippen LogP contribution in [0.1, 0.15) is 26.7 Å². The minimum Gasteiger partial charge on any atom is -0.199 e. The van der Waals surface area contributed by atoms with Crippen LogP contribution in [-0.2, 0) is 9.78 Å². The Morgan fingerprint density at radius 1 is 1.38 bits per heavy atom. The van der Waals surface area contributed by atoms with Gasteiger partial charge < -0.3 is 0 Å². The largest absolute Gasteiger partial charge is 0.224 e. The molecule has 0 N–H and O–H groups in total. The van der Waals surface area contributed by atoms with Crippen molar-refractivity contribution in [2.24, 2.45) is 5.92 Å². The molecule has 2 heteroatoms. The van der Waals surface area contributed by atoms with E-state index >= 15 is 0 Å². The maximum absolute atomic E-state index is 4.56. The fourth-order valence-electron chi connectivity index (χ4n) is 0.605. The van der Waals surface area contributed by atoms with Crippen molar-refractivity contribution in [3.63, 3.8) is 0 Å². The molecule has 0 saturated carbocycles. The lowest BCUT2D eigenvalue weighted by Crippen LogP contribution is -1.90. The van der Waals surface area contributed by atoms with Gasteiger partial charge in [0.1, 0.15) is 0 Å². The van der Waals surface area contributed by atoms with E-state index in [1.54, 1.807) is 0 Å². The zero-order valence-corrected chi connectivity index (χ0v) is 5.39. The van der Waals surface area contributed by atoms with Gasteiger partial charge in [-0.3, -0.25) is 0 Å². The second-order valence-electron chi connectivity index (χ2n) is 2.59. The van der Waals surface area contributed by atoms with Crippen LogP contribution in [0.25, 0.3) is 0 Å². The number of hydrogen-bond donors (Lipinski definition) is 0. The summed E-state index contributed by atoms with van der Waals surface area (Å²) in [6.07, 6.45) is 2.39. The van der Waals surface area contributed by atoms with Crippen LogP contribution >= 0.6 is 0 Å². The second-order valence-corrected chi connectivity index (χ2v) is 2.59. The second kappa shape index (κ2) is 2.46. The molecule has 0 amide bonds. The standard InChI is InChI=1S/C6H12O2/c1-5(2)3-4-6-7-8-6/h5-6H,3-4H2,1-2H3. The topological polar surface area (TPSA) is 25.1 Å². The number of rotatable bonds is 3. The van der Waals surface area contributed by atoms with E-state index in [1.807, 2.05) is 0 Å². The van der Waals surface area contributed by atoms with Crippen LogP contribution < -0.4 is 0 Å². The molecule has 1 aliphatic rings. The molecule has 1 rings (SSSR count). The highest BCUT2D eigenvalue weighted by molar-refractivity contribution is 4.51. The molecule has 8 heavy (non-hydrogen) atoms. The van der Waals surface area contributed by atoms with Gasteiger partial charge in [0.25, 0.3) is 0 Å². The van der Waals surface area contributed by atoms with Gasteiger partial charge in [0.2, 0.25) is 6.29 Å². The van der Waals surface area contributed by atoms with Crippen molar-refractivity contribution in [1.29, 1.82) is 0 Å². The van der Waals surface area contributed by atoms with Crippen LogP contribution in [0.5, 0.6) is 0 Å². The minimum atomic E-state index is 0.136. The van der Waals surface area contributed by atoms with Crippen molar-refractivity contribution in [1.82, 2.24) is 0 Å². The fraction of sp³-hybridized carbons (Fsp3) is 1.00. The van der Waals surface area contributed by atoms with E-state index in [0.717, 1.165) is 12.3 Å². The van der Waals surface area contributed by atoms with Crippen molar-refractivity contribution in [2.45, 2.75) is 33.0 Å². The van der Waals surface area contributed by atoms with Gasteiger partial charge in [-0.15, -0.1) is 0 Å². The quantitative estimate of drug-likeness (QED) is 0.414. The van der Waals surface area contributed by atoms with Crippen molar-refractivity contribution < 1.29 is 9.78 Å². The zero-order valence-electron chi connectivity index (χ0n) is 5.39. The summed E-state index contributed by atoms with van der Waals surface area (Å²) in [5, 5.41) is 0. The van der Waals surface area contributed by atoms with E-state index in [4.69, 9.17) is 0 Å². The maximum atomic E-state index is 4.56. The molecule has 0 aromatic heterocycles. The van der Waals surface area contributed by atoms with Crippen molar-refractivity contribution >= 4 is 0 Å². The SMILES string of the molecule is CC(C)CCC1OO1. The van der Waals surface area contributed by atoms with Crippen LogP contribution in [0.2, 0.25) is 0 Å². The Kier molecular flexibility index (Phi) is 1.86. The first-order valence-electron chi connectivity index (χ1n) is 3.11. The highest BCUT2D eigenvalue weighted by Crippen LogP contribution is 2.20. The summed E-state index contributed by atoms with van der Waals surface area (Å²) in [4.78, 5) is 9.12. The van der Waals surface area contributed by atoms with Gasteiger partial charge in [0.15, 0.2) is 0 Å². The zero-order chi connectivity index (χ0) is 5.98. The average molecular weight is 116 g/mol. The summed E-state index contributed by atoms with van der Waals surface area (Å²) >= 11 is 0. The highest BCUT2D eigenvalue weighted by atomic mass is 17.4. The molecule has 0 unspecified atom stereocenters. The lowest BCUT2D eigenvalue weighted by atomic mass is 10.1. The van der Waals surface area contributed by atoms with Crippen LogP contribution in [0.15, 0.2) is 0 Å². The Morgan fingerprint density at radius 3 is 2.38 bits per heavy atom. The summed E-state index contributed by atoms with van der Waals surface area (Å²) in [6.45, 7) is 4.39. The highest BCUT2D eigenvalue weighted by Gasteiger charge is 2.24. The molecule has 1 fully saturated rings. The Bertz CT molecular complexity index is 64.9. The third kappa shape index (κ3) is 2.28. The monoisotopic (exact) mass is 116 g/mol. The summed E-state index contributed by atoms with van der Waals surface area (Å²) in [5.41, 5.74) is 0. The Hall–Kier alpha value is -0.0800. The van der Waals surface area contributed by atoms with Crippen LogP contribution in [0, 0.1) is 5.92 Å². The molecule has 2 nitrogen and oxygen atoms in total. The fourth-order valence-corrected chi connectivity index (χ4v) is 0.605. The maximum Gasteiger partial charge on any atom is 0.224 e. The molecular weight excluding hydrogens is 104 g/mol. The van der Waals surface area contributed by atoms with E-state index in [9.17, 15) is 0 Å². The van der Waals surface area contributed by atoms with Gasteiger partial charge in [0, 0.05) is 6.42 Å². The van der Waals surface area contributed by atoms with Crippen LogP contribution in [0.4, 0.5) is 0 Å².